The lowest BCUT2D eigenvalue weighted by atomic mass is 9.79. The largest absolute Gasteiger partial charge is 0.384 e. The molecule has 1 aliphatic rings. The van der Waals surface area contributed by atoms with Gasteiger partial charge in [-0.2, -0.15) is 0 Å². The average molecular weight is 387 g/mol. The van der Waals surface area contributed by atoms with Crippen LogP contribution in [0.2, 0.25) is 0 Å². The minimum absolute atomic E-state index is 0. The van der Waals surface area contributed by atoms with E-state index in [9.17, 15) is 14.0 Å². The van der Waals surface area contributed by atoms with Crippen LogP contribution in [0.25, 0.3) is 0 Å². The van der Waals surface area contributed by atoms with E-state index in [2.05, 4.69) is 10.6 Å². The molecule has 2 rings (SSSR count). The van der Waals surface area contributed by atoms with E-state index >= 15 is 0 Å². The Bertz CT molecular complexity index is 601. The molecule has 146 valence electrons. The number of hydrogen-bond donors (Lipinski definition) is 2. The highest BCUT2D eigenvalue weighted by Gasteiger charge is 2.32. The summed E-state index contributed by atoms with van der Waals surface area (Å²) >= 11 is 0. The van der Waals surface area contributed by atoms with E-state index < -0.39 is 11.7 Å². The van der Waals surface area contributed by atoms with Crippen LogP contribution < -0.4 is 10.6 Å². The average Bonchev–Trinajstić information content (AvgIpc) is 2.60. The van der Waals surface area contributed by atoms with Gasteiger partial charge in [0, 0.05) is 37.0 Å². The van der Waals surface area contributed by atoms with Gasteiger partial charge in [0.2, 0.25) is 5.91 Å². The Kier molecular flexibility index (Phi) is 9.19. The van der Waals surface area contributed by atoms with Crippen LogP contribution in [0.4, 0.5) is 4.39 Å². The lowest BCUT2D eigenvalue weighted by Gasteiger charge is -2.37. The van der Waals surface area contributed by atoms with Crippen molar-refractivity contribution in [2.75, 3.05) is 33.4 Å². The minimum Gasteiger partial charge on any atom is -0.384 e. The predicted octanol–water partition coefficient (Wildman–Crippen LogP) is 2.59. The molecule has 0 saturated carbocycles. The molecule has 26 heavy (non-hydrogen) atoms. The number of rotatable bonds is 8. The summed E-state index contributed by atoms with van der Waals surface area (Å²) in [7, 11) is 1.67. The molecule has 1 amide bonds. The molecule has 1 aromatic carbocycles. The molecular formula is C19H28ClFN2O3. The van der Waals surface area contributed by atoms with Gasteiger partial charge >= 0.3 is 0 Å². The Hall–Kier alpha value is -1.50. The number of carbonyl (C=O) groups is 2. The zero-order chi connectivity index (χ0) is 18.3. The minimum atomic E-state index is -0.492. The molecule has 7 heteroatoms. The van der Waals surface area contributed by atoms with Crippen molar-refractivity contribution in [3.05, 3.63) is 35.6 Å². The second-order valence-corrected chi connectivity index (χ2v) is 6.94. The molecule has 1 unspecified atom stereocenters. The maximum atomic E-state index is 13.2. The number of amides is 1. The van der Waals surface area contributed by atoms with Crippen molar-refractivity contribution in [3.8, 4) is 0 Å². The molecule has 0 bridgehead atoms. The van der Waals surface area contributed by atoms with E-state index in [0.717, 1.165) is 25.9 Å². The molecule has 0 aliphatic carbocycles. The van der Waals surface area contributed by atoms with Gasteiger partial charge in [-0.25, -0.2) is 4.39 Å². The van der Waals surface area contributed by atoms with Crippen molar-refractivity contribution in [2.45, 2.75) is 26.2 Å². The van der Waals surface area contributed by atoms with Crippen LogP contribution in [0.15, 0.2) is 24.3 Å². The van der Waals surface area contributed by atoms with E-state index in [-0.39, 0.29) is 35.9 Å². The Labute approximate surface area is 160 Å². The van der Waals surface area contributed by atoms with E-state index in [4.69, 9.17) is 4.74 Å². The lowest BCUT2D eigenvalue weighted by molar-refractivity contribution is -0.122. The fourth-order valence-corrected chi connectivity index (χ4v) is 3.29. The molecule has 0 spiro atoms. The normalized spacial score (nSPS) is 17.0. The Morgan fingerprint density at radius 1 is 1.35 bits per heavy atom. The SMILES string of the molecule is COCC1(CNC(=O)CC(C)C(=O)c2cccc(F)c2)CCNCC1.Cl. The summed E-state index contributed by atoms with van der Waals surface area (Å²) in [5.74, 6) is -1.32. The summed E-state index contributed by atoms with van der Waals surface area (Å²) < 4.78 is 18.6. The summed E-state index contributed by atoms with van der Waals surface area (Å²) in [6, 6.07) is 5.57. The first-order valence-corrected chi connectivity index (χ1v) is 8.72. The molecule has 5 nitrogen and oxygen atoms in total. The summed E-state index contributed by atoms with van der Waals surface area (Å²) in [6.45, 7) is 4.67. The van der Waals surface area contributed by atoms with Gasteiger partial charge in [0.05, 0.1) is 6.61 Å². The van der Waals surface area contributed by atoms with E-state index in [1.807, 2.05) is 0 Å². The van der Waals surface area contributed by atoms with Crippen molar-refractivity contribution in [1.29, 1.82) is 0 Å². The maximum absolute atomic E-state index is 13.2. The molecular weight excluding hydrogens is 359 g/mol. The predicted molar refractivity (Wildman–Crippen MR) is 101 cm³/mol. The highest BCUT2D eigenvalue weighted by Crippen LogP contribution is 2.28. The van der Waals surface area contributed by atoms with Crippen LogP contribution in [-0.4, -0.2) is 45.0 Å². The van der Waals surface area contributed by atoms with Gasteiger partial charge in [0.1, 0.15) is 5.82 Å². The third kappa shape index (κ3) is 6.34. The second kappa shape index (κ2) is 10.6. The van der Waals surface area contributed by atoms with Gasteiger partial charge in [-0.15, -0.1) is 12.4 Å². The zero-order valence-electron chi connectivity index (χ0n) is 15.3. The van der Waals surface area contributed by atoms with Gasteiger partial charge in [-0.1, -0.05) is 19.1 Å². The molecule has 2 N–H and O–H groups in total. The van der Waals surface area contributed by atoms with Crippen LogP contribution >= 0.6 is 12.4 Å². The lowest BCUT2D eigenvalue weighted by Crippen LogP contribution is -2.47. The van der Waals surface area contributed by atoms with Gasteiger partial charge in [-0.05, 0) is 38.1 Å². The van der Waals surface area contributed by atoms with Crippen molar-refractivity contribution in [2.24, 2.45) is 11.3 Å². The molecule has 1 saturated heterocycles. The molecule has 1 aliphatic heterocycles. The maximum Gasteiger partial charge on any atom is 0.220 e. The molecule has 1 atom stereocenters. The number of carbonyl (C=O) groups excluding carboxylic acids is 2. The summed E-state index contributed by atoms with van der Waals surface area (Å²) in [5.41, 5.74) is 0.250. The first kappa shape index (κ1) is 22.5. The number of Topliss-reactive ketones (excluding diaryl/α,β-unsaturated/α-hetero) is 1. The molecule has 1 fully saturated rings. The number of nitrogens with one attached hydrogen (secondary N) is 2. The van der Waals surface area contributed by atoms with E-state index in [0.29, 0.717) is 18.7 Å². The Morgan fingerprint density at radius 2 is 2.04 bits per heavy atom. The number of hydrogen-bond acceptors (Lipinski definition) is 4. The van der Waals surface area contributed by atoms with Crippen molar-refractivity contribution in [3.63, 3.8) is 0 Å². The van der Waals surface area contributed by atoms with Crippen molar-refractivity contribution in [1.82, 2.24) is 10.6 Å². The smallest absolute Gasteiger partial charge is 0.220 e. The summed E-state index contributed by atoms with van der Waals surface area (Å²) in [4.78, 5) is 24.6. The summed E-state index contributed by atoms with van der Waals surface area (Å²) in [5, 5.41) is 6.27. The molecule has 1 aromatic rings. The van der Waals surface area contributed by atoms with Crippen LogP contribution in [0.3, 0.4) is 0 Å². The number of benzene rings is 1. The third-order valence-corrected chi connectivity index (χ3v) is 4.82. The highest BCUT2D eigenvalue weighted by atomic mass is 35.5. The zero-order valence-corrected chi connectivity index (χ0v) is 16.2. The van der Waals surface area contributed by atoms with Crippen molar-refractivity contribution < 1.29 is 18.7 Å². The number of ether oxygens (including phenoxy) is 1. The third-order valence-electron chi connectivity index (χ3n) is 4.82. The molecule has 0 radical (unpaired) electrons. The summed E-state index contributed by atoms with van der Waals surface area (Å²) in [6.07, 6.45) is 1.98. The second-order valence-electron chi connectivity index (χ2n) is 6.94. The van der Waals surface area contributed by atoms with Crippen LogP contribution in [0.5, 0.6) is 0 Å². The van der Waals surface area contributed by atoms with E-state index in [1.54, 1.807) is 20.1 Å². The first-order valence-electron chi connectivity index (χ1n) is 8.72. The van der Waals surface area contributed by atoms with Gasteiger partial charge in [-0.3, -0.25) is 9.59 Å². The Morgan fingerprint density at radius 3 is 2.65 bits per heavy atom. The monoisotopic (exact) mass is 386 g/mol. The highest BCUT2D eigenvalue weighted by molar-refractivity contribution is 5.99. The Balaban J connectivity index is 0.00000338. The van der Waals surface area contributed by atoms with E-state index in [1.165, 1.54) is 18.2 Å². The number of methoxy groups -OCH3 is 1. The molecule has 0 aromatic heterocycles. The fraction of sp³-hybridized carbons (Fsp3) is 0.579. The number of piperidine rings is 1. The first-order chi connectivity index (χ1) is 12.0. The van der Waals surface area contributed by atoms with Crippen LogP contribution in [0, 0.1) is 17.2 Å². The van der Waals surface area contributed by atoms with Crippen molar-refractivity contribution >= 4 is 24.1 Å². The number of ketones is 1. The quantitative estimate of drug-likeness (QED) is 0.674. The van der Waals surface area contributed by atoms with Gasteiger partial charge < -0.3 is 15.4 Å². The van der Waals surface area contributed by atoms with Crippen LogP contribution in [-0.2, 0) is 9.53 Å². The topological polar surface area (TPSA) is 67.4 Å². The van der Waals surface area contributed by atoms with Gasteiger partial charge in [0.25, 0.3) is 0 Å². The molecule has 1 heterocycles. The van der Waals surface area contributed by atoms with Crippen LogP contribution in [0.1, 0.15) is 36.5 Å². The standard InChI is InChI=1S/C19H27FN2O3.ClH/c1-14(18(24)15-4-3-5-16(20)11-15)10-17(23)22-12-19(13-25-2)6-8-21-9-7-19;/h3-5,11,14,21H,6-10,12-13H2,1-2H3,(H,22,23);1H. The number of halogens is 2. The van der Waals surface area contributed by atoms with Gasteiger partial charge in [0.15, 0.2) is 5.78 Å². The fourth-order valence-electron chi connectivity index (χ4n) is 3.29.